The summed E-state index contributed by atoms with van der Waals surface area (Å²) in [6.07, 6.45) is 2.09. The Morgan fingerprint density at radius 2 is 1.89 bits per heavy atom. The second-order valence-electron chi connectivity index (χ2n) is 6.66. The second kappa shape index (κ2) is 8.71. The summed E-state index contributed by atoms with van der Waals surface area (Å²) in [5, 5.41) is 3.02. The Labute approximate surface area is 159 Å². The van der Waals surface area contributed by atoms with Crippen LogP contribution in [0, 0.1) is 0 Å². The standard InChI is InChI=1S/C22H25NO4/c1-3-26-18-13-11-17(12-14-18)22(25)27-15(2)21(24)23-20-10-6-8-16-7-4-5-9-19(16)20/h4-5,7,9,11-15,20H,3,6,8,10H2,1-2H3,(H,23,24)/t15-,20+/m0/s1. The van der Waals surface area contributed by atoms with Gasteiger partial charge in [0.1, 0.15) is 5.75 Å². The van der Waals surface area contributed by atoms with E-state index >= 15 is 0 Å². The average Bonchev–Trinajstić information content (AvgIpc) is 2.69. The summed E-state index contributed by atoms with van der Waals surface area (Å²) in [5.74, 6) is -0.114. The third-order valence-electron chi connectivity index (χ3n) is 4.74. The lowest BCUT2D eigenvalue weighted by molar-refractivity contribution is -0.130. The molecule has 5 nitrogen and oxygen atoms in total. The highest BCUT2D eigenvalue weighted by molar-refractivity contribution is 5.92. The van der Waals surface area contributed by atoms with Crippen LogP contribution in [0.3, 0.4) is 0 Å². The Morgan fingerprint density at radius 1 is 1.15 bits per heavy atom. The van der Waals surface area contributed by atoms with Crippen molar-refractivity contribution >= 4 is 11.9 Å². The van der Waals surface area contributed by atoms with Gasteiger partial charge >= 0.3 is 5.97 Å². The van der Waals surface area contributed by atoms with Crippen molar-refractivity contribution in [3.8, 4) is 5.75 Å². The number of fused-ring (bicyclic) bond motifs is 1. The van der Waals surface area contributed by atoms with Crippen molar-refractivity contribution in [2.45, 2.75) is 45.3 Å². The molecule has 0 saturated carbocycles. The minimum Gasteiger partial charge on any atom is -0.494 e. The van der Waals surface area contributed by atoms with Gasteiger partial charge in [-0.05, 0) is 68.5 Å². The lowest BCUT2D eigenvalue weighted by atomic mass is 9.87. The van der Waals surface area contributed by atoms with E-state index in [2.05, 4.69) is 17.4 Å². The molecule has 1 N–H and O–H groups in total. The monoisotopic (exact) mass is 367 g/mol. The number of esters is 1. The number of aryl methyl sites for hydroxylation is 1. The largest absolute Gasteiger partial charge is 0.494 e. The van der Waals surface area contributed by atoms with Crippen LogP contribution in [-0.4, -0.2) is 24.6 Å². The van der Waals surface area contributed by atoms with Gasteiger partial charge in [-0.3, -0.25) is 4.79 Å². The molecule has 0 fully saturated rings. The maximum absolute atomic E-state index is 12.5. The molecular formula is C22H25NO4. The fourth-order valence-electron chi connectivity index (χ4n) is 3.33. The van der Waals surface area contributed by atoms with Crippen molar-refractivity contribution in [2.24, 2.45) is 0 Å². The lowest BCUT2D eigenvalue weighted by Gasteiger charge is -2.27. The molecule has 27 heavy (non-hydrogen) atoms. The Hall–Kier alpha value is -2.82. The quantitative estimate of drug-likeness (QED) is 0.788. The van der Waals surface area contributed by atoms with Gasteiger partial charge < -0.3 is 14.8 Å². The first-order valence-electron chi connectivity index (χ1n) is 9.40. The van der Waals surface area contributed by atoms with Crippen LogP contribution >= 0.6 is 0 Å². The van der Waals surface area contributed by atoms with E-state index in [0.29, 0.717) is 17.9 Å². The van der Waals surface area contributed by atoms with Crippen LogP contribution in [0.4, 0.5) is 0 Å². The SMILES string of the molecule is CCOc1ccc(C(=O)O[C@@H](C)C(=O)N[C@@H]2CCCc3ccccc32)cc1. The molecule has 3 rings (SSSR count). The number of rotatable bonds is 6. The third-order valence-corrected chi connectivity index (χ3v) is 4.74. The highest BCUT2D eigenvalue weighted by Gasteiger charge is 2.25. The topological polar surface area (TPSA) is 64.6 Å². The van der Waals surface area contributed by atoms with Crippen molar-refractivity contribution < 1.29 is 19.1 Å². The van der Waals surface area contributed by atoms with E-state index in [9.17, 15) is 9.59 Å². The molecule has 5 heteroatoms. The maximum atomic E-state index is 12.5. The Balaban J connectivity index is 1.58. The van der Waals surface area contributed by atoms with Crippen molar-refractivity contribution in [3.63, 3.8) is 0 Å². The summed E-state index contributed by atoms with van der Waals surface area (Å²) >= 11 is 0. The molecule has 0 aromatic heterocycles. The molecule has 0 spiro atoms. The van der Waals surface area contributed by atoms with Crippen molar-refractivity contribution in [1.29, 1.82) is 0 Å². The van der Waals surface area contributed by atoms with E-state index < -0.39 is 12.1 Å². The number of carbonyl (C=O) groups excluding carboxylic acids is 2. The van der Waals surface area contributed by atoms with Gasteiger partial charge in [0.25, 0.3) is 5.91 Å². The fourth-order valence-corrected chi connectivity index (χ4v) is 3.33. The van der Waals surface area contributed by atoms with Gasteiger partial charge in [-0.15, -0.1) is 0 Å². The number of hydrogen-bond acceptors (Lipinski definition) is 4. The van der Waals surface area contributed by atoms with Crippen LogP contribution < -0.4 is 10.1 Å². The van der Waals surface area contributed by atoms with Crippen LogP contribution in [-0.2, 0) is 16.0 Å². The number of hydrogen-bond donors (Lipinski definition) is 1. The van der Waals surface area contributed by atoms with Crippen molar-refractivity contribution in [2.75, 3.05) is 6.61 Å². The number of nitrogens with one attached hydrogen (secondary N) is 1. The molecule has 142 valence electrons. The van der Waals surface area contributed by atoms with Crippen LogP contribution in [0.2, 0.25) is 0 Å². The molecule has 2 atom stereocenters. The van der Waals surface area contributed by atoms with E-state index in [-0.39, 0.29) is 11.9 Å². The van der Waals surface area contributed by atoms with E-state index in [1.807, 2.05) is 19.1 Å². The van der Waals surface area contributed by atoms with E-state index in [1.165, 1.54) is 5.56 Å². The summed E-state index contributed by atoms with van der Waals surface area (Å²) in [4.78, 5) is 24.8. The van der Waals surface area contributed by atoms with E-state index in [0.717, 1.165) is 24.8 Å². The molecule has 2 aromatic carbocycles. The minimum atomic E-state index is -0.863. The summed E-state index contributed by atoms with van der Waals surface area (Å²) in [6.45, 7) is 4.05. The molecule has 2 aromatic rings. The first-order chi connectivity index (χ1) is 13.1. The van der Waals surface area contributed by atoms with Gasteiger partial charge in [0, 0.05) is 0 Å². The Bertz CT molecular complexity index is 800. The number of amides is 1. The van der Waals surface area contributed by atoms with E-state index in [4.69, 9.17) is 9.47 Å². The lowest BCUT2D eigenvalue weighted by Crippen LogP contribution is -2.39. The zero-order valence-electron chi connectivity index (χ0n) is 15.7. The van der Waals surface area contributed by atoms with Crippen molar-refractivity contribution in [3.05, 3.63) is 65.2 Å². The van der Waals surface area contributed by atoms with Gasteiger partial charge in [-0.2, -0.15) is 0 Å². The molecule has 1 aliphatic rings. The molecular weight excluding hydrogens is 342 g/mol. The van der Waals surface area contributed by atoms with Gasteiger partial charge in [0.05, 0.1) is 18.2 Å². The first-order valence-corrected chi connectivity index (χ1v) is 9.40. The van der Waals surface area contributed by atoms with E-state index in [1.54, 1.807) is 31.2 Å². The summed E-state index contributed by atoms with van der Waals surface area (Å²) in [5.41, 5.74) is 2.82. The molecule has 1 aliphatic carbocycles. The highest BCUT2D eigenvalue weighted by Crippen LogP contribution is 2.29. The molecule has 0 aliphatic heterocycles. The Morgan fingerprint density at radius 3 is 2.63 bits per heavy atom. The van der Waals surface area contributed by atoms with Crippen LogP contribution in [0.15, 0.2) is 48.5 Å². The van der Waals surface area contributed by atoms with Gasteiger partial charge in [-0.1, -0.05) is 24.3 Å². The molecule has 0 radical (unpaired) electrons. The second-order valence-corrected chi connectivity index (χ2v) is 6.66. The van der Waals surface area contributed by atoms with Crippen molar-refractivity contribution in [1.82, 2.24) is 5.32 Å². The number of benzene rings is 2. The van der Waals surface area contributed by atoms with Gasteiger partial charge in [-0.25, -0.2) is 4.79 Å². The van der Waals surface area contributed by atoms with Crippen LogP contribution in [0.1, 0.15) is 54.2 Å². The van der Waals surface area contributed by atoms with Gasteiger partial charge in [0.15, 0.2) is 6.10 Å². The summed E-state index contributed by atoms with van der Waals surface area (Å²) in [6, 6.07) is 14.8. The molecule has 0 unspecified atom stereocenters. The van der Waals surface area contributed by atoms with Crippen LogP contribution in [0.5, 0.6) is 5.75 Å². The highest BCUT2D eigenvalue weighted by atomic mass is 16.5. The Kier molecular flexibility index (Phi) is 6.12. The zero-order valence-corrected chi connectivity index (χ0v) is 15.7. The molecule has 0 heterocycles. The predicted molar refractivity (Wildman–Crippen MR) is 103 cm³/mol. The summed E-state index contributed by atoms with van der Waals surface area (Å²) in [7, 11) is 0. The summed E-state index contributed by atoms with van der Waals surface area (Å²) < 4.78 is 10.7. The molecule has 0 bridgehead atoms. The normalized spacial score (nSPS) is 16.7. The number of ether oxygens (including phenoxy) is 2. The third kappa shape index (κ3) is 4.67. The fraction of sp³-hybridized carbons (Fsp3) is 0.364. The smallest absolute Gasteiger partial charge is 0.338 e. The maximum Gasteiger partial charge on any atom is 0.338 e. The number of carbonyl (C=O) groups is 2. The predicted octanol–water partition coefficient (Wildman–Crippen LogP) is 3.82. The van der Waals surface area contributed by atoms with Crippen LogP contribution in [0.25, 0.3) is 0 Å². The molecule has 0 saturated heterocycles. The first kappa shape index (κ1) is 19.0. The van der Waals surface area contributed by atoms with Gasteiger partial charge in [0.2, 0.25) is 0 Å². The minimum absolute atomic E-state index is 0.0333. The zero-order chi connectivity index (χ0) is 19.2. The average molecular weight is 367 g/mol. The molecule has 1 amide bonds.